The van der Waals surface area contributed by atoms with Gasteiger partial charge in [0, 0.05) is 16.6 Å². The molecule has 0 aliphatic heterocycles. The van der Waals surface area contributed by atoms with E-state index in [1.807, 2.05) is 0 Å². The molecule has 0 aliphatic carbocycles. The quantitative estimate of drug-likeness (QED) is 0.456. The Kier molecular flexibility index (Phi) is 12.0. The number of alkyl halides is 3. The third kappa shape index (κ3) is 13.0. The number of halogens is 3. The number of unbranched alkanes of at least 4 members (excludes halogenated alkanes) is 9. The Balaban J connectivity index is 3.39. The molecule has 0 aromatic rings. The monoisotopic (exact) mass is 328 g/mol. The molecule has 2 nitrogen and oxygen atoms in total. The minimum Gasteiger partial charge on any atom is -0.289 e. The van der Waals surface area contributed by atoms with E-state index in [1.54, 1.807) is 0 Å². The minimum absolute atomic E-state index is 0.193. The van der Waals surface area contributed by atoms with Crippen molar-refractivity contribution in [2.75, 3.05) is 11.5 Å². The van der Waals surface area contributed by atoms with Crippen molar-refractivity contribution in [1.29, 1.82) is 0 Å². The van der Waals surface area contributed by atoms with Crippen LogP contribution in [0.2, 0.25) is 0 Å². The van der Waals surface area contributed by atoms with E-state index < -0.39 is 28.5 Å². The lowest BCUT2D eigenvalue weighted by Crippen LogP contribution is -2.28. The molecule has 0 spiro atoms. The van der Waals surface area contributed by atoms with E-state index in [-0.39, 0.29) is 5.75 Å². The Bertz CT molecular complexity index is 304. The summed E-state index contributed by atoms with van der Waals surface area (Å²) in [5, 5.41) is 0. The number of carbonyl (C=O) groups excluding carboxylic acids is 1. The van der Waals surface area contributed by atoms with Crippen molar-refractivity contribution >= 4 is 16.6 Å². The SMILES string of the molecule is CCCCCCCCCCCCS(=O)CC(=O)C(F)(F)F. The van der Waals surface area contributed by atoms with Crippen LogP contribution in [0.3, 0.4) is 0 Å². The largest absolute Gasteiger partial charge is 0.450 e. The second kappa shape index (κ2) is 12.2. The minimum atomic E-state index is -4.85. The van der Waals surface area contributed by atoms with Crippen LogP contribution in [0, 0.1) is 0 Å². The highest BCUT2D eigenvalue weighted by atomic mass is 32.2. The highest BCUT2D eigenvalue weighted by Crippen LogP contribution is 2.16. The van der Waals surface area contributed by atoms with Crippen molar-refractivity contribution in [3.63, 3.8) is 0 Å². The van der Waals surface area contributed by atoms with Crippen LogP contribution in [-0.4, -0.2) is 27.7 Å². The lowest BCUT2D eigenvalue weighted by Gasteiger charge is -2.05. The Labute approximate surface area is 128 Å². The van der Waals surface area contributed by atoms with E-state index in [2.05, 4.69) is 6.92 Å². The molecule has 0 bridgehead atoms. The van der Waals surface area contributed by atoms with Gasteiger partial charge in [0.15, 0.2) is 0 Å². The Morgan fingerprint density at radius 1 is 0.857 bits per heavy atom. The van der Waals surface area contributed by atoms with Crippen LogP contribution in [-0.2, 0) is 15.6 Å². The first-order valence-electron chi connectivity index (χ1n) is 7.83. The molecule has 0 radical (unpaired) electrons. The highest BCUT2D eigenvalue weighted by Gasteiger charge is 2.38. The summed E-state index contributed by atoms with van der Waals surface area (Å²) in [5.74, 6) is -2.58. The average Bonchev–Trinajstić information content (AvgIpc) is 2.39. The van der Waals surface area contributed by atoms with Gasteiger partial charge in [-0.25, -0.2) is 0 Å². The molecule has 0 aromatic carbocycles. The highest BCUT2D eigenvalue weighted by molar-refractivity contribution is 7.85. The fourth-order valence-electron chi connectivity index (χ4n) is 2.05. The molecule has 0 saturated heterocycles. The lowest BCUT2D eigenvalue weighted by molar-refractivity contribution is -0.168. The van der Waals surface area contributed by atoms with Gasteiger partial charge in [-0.3, -0.25) is 9.00 Å². The maximum absolute atomic E-state index is 12.0. The summed E-state index contributed by atoms with van der Waals surface area (Å²) in [5.41, 5.74) is 0. The average molecular weight is 328 g/mol. The molecule has 0 aromatic heterocycles. The summed E-state index contributed by atoms with van der Waals surface area (Å²) in [6, 6.07) is 0. The standard InChI is InChI=1S/C15H27F3O2S/c1-2-3-4-5-6-7-8-9-10-11-12-21(20)13-14(19)15(16,17)18/h2-13H2,1H3. The maximum atomic E-state index is 12.0. The van der Waals surface area contributed by atoms with Gasteiger partial charge in [0.05, 0.1) is 5.75 Å². The third-order valence-electron chi connectivity index (χ3n) is 3.33. The molecule has 0 heterocycles. The predicted molar refractivity (Wildman–Crippen MR) is 80.8 cm³/mol. The van der Waals surface area contributed by atoms with Crippen molar-refractivity contribution < 1.29 is 22.2 Å². The third-order valence-corrected chi connectivity index (χ3v) is 4.66. The summed E-state index contributed by atoms with van der Waals surface area (Å²) in [6.07, 6.45) is 6.35. The maximum Gasteiger partial charge on any atom is 0.450 e. The number of Topliss-reactive ketones (excluding diaryl/α,β-unsaturated/α-hetero) is 1. The molecular weight excluding hydrogens is 301 g/mol. The van der Waals surface area contributed by atoms with E-state index >= 15 is 0 Å². The summed E-state index contributed by atoms with van der Waals surface area (Å²) >= 11 is 0. The number of hydrogen-bond donors (Lipinski definition) is 0. The zero-order valence-corrected chi connectivity index (χ0v) is 13.7. The first-order valence-corrected chi connectivity index (χ1v) is 9.31. The van der Waals surface area contributed by atoms with Gasteiger partial charge in [0.25, 0.3) is 0 Å². The predicted octanol–water partition coefficient (Wildman–Crippen LogP) is 4.79. The molecule has 0 saturated carbocycles. The molecule has 126 valence electrons. The normalized spacial score (nSPS) is 13.3. The topological polar surface area (TPSA) is 34.1 Å². The molecule has 1 atom stereocenters. The Morgan fingerprint density at radius 3 is 1.71 bits per heavy atom. The van der Waals surface area contributed by atoms with Crippen molar-refractivity contribution in [1.82, 2.24) is 0 Å². The number of ketones is 1. The first kappa shape index (κ1) is 20.6. The van der Waals surface area contributed by atoms with Gasteiger partial charge in [-0.05, 0) is 6.42 Å². The Hall–Kier alpha value is -0.390. The first-order chi connectivity index (χ1) is 9.88. The van der Waals surface area contributed by atoms with E-state index in [1.165, 1.54) is 38.5 Å². The van der Waals surface area contributed by atoms with Gasteiger partial charge in [-0.2, -0.15) is 13.2 Å². The second-order valence-corrected chi connectivity index (χ2v) is 6.97. The van der Waals surface area contributed by atoms with Gasteiger partial charge >= 0.3 is 6.18 Å². The summed E-state index contributed by atoms with van der Waals surface area (Å²) in [7, 11) is -1.68. The van der Waals surface area contributed by atoms with Crippen LogP contribution in [0.4, 0.5) is 13.2 Å². The van der Waals surface area contributed by atoms with Crippen molar-refractivity contribution in [3.05, 3.63) is 0 Å². The second-order valence-electron chi connectivity index (χ2n) is 5.39. The molecule has 0 fully saturated rings. The van der Waals surface area contributed by atoms with Gasteiger partial charge in [-0.15, -0.1) is 0 Å². The van der Waals surface area contributed by atoms with Crippen LogP contribution in [0.15, 0.2) is 0 Å². The summed E-state index contributed by atoms with van der Waals surface area (Å²) in [4.78, 5) is 10.6. The molecule has 21 heavy (non-hydrogen) atoms. The van der Waals surface area contributed by atoms with Crippen LogP contribution < -0.4 is 0 Å². The zero-order valence-electron chi connectivity index (χ0n) is 12.8. The van der Waals surface area contributed by atoms with Crippen LogP contribution in [0.5, 0.6) is 0 Å². The van der Waals surface area contributed by atoms with E-state index in [0.29, 0.717) is 6.42 Å². The molecule has 0 N–H and O–H groups in total. The molecule has 6 heteroatoms. The lowest BCUT2D eigenvalue weighted by atomic mass is 10.1. The Morgan fingerprint density at radius 2 is 1.29 bits per heavy atom. The van der Waals surface area contributed by atoms with Crippen LogP contribution >= 0.6 is 0 Å². The molecule has 0 amide bonds. The van der Waals surface area contributed by atoms with Crippen molar-refractivity contribution in [3.8, 4) is 0 Å². The van der Waals surface area contributed by atoms with Gasteiger partial charge < -0.3 is 0 Å². The molecule has 0 aliphatic rings. The molecule has 0 rings (SSSR count). The van der Waals surface area contributed by atoms with E-state index in [0.717, 1.165) is 19.3 Å². The van der Waals surface area contributed by atoms with Crippen LogP contribution in [0.1, 0.15) is 71.1 Å². The van der Waals surface area contributed by atoms with E-state index in [9.17, 15) is 22.2 Å². The molecular formula is C15H27F3O2S. The van der Waals surface area contributed by atoms with E-state index in [4.69, 9.17) is 0 Å². The zero-order chi connectivity index (χ0) is 16.1. The van der Waals surface area contributed by atoms with Gasteiger partial charge in [0.2, 0.25) is 5.78 Å². The molecule has 1 unspecified atom stereocenters. The number of carbonyl (C=O) groups is 1. The fourth-order valence-corrected chi connectivity index (χ4v) is 3.18. The number of rotatable bonds is 13. The number of hydrogen-bond acceptors (Lipinski definition) is 2. The van der Waals surface area contributed by atoms with Crippen LogP contribution in [0.25, 0.3) is 0 Å². The van der Waals surface area contributed by atoms with Crippen molar-refractivity contribution in [2.45, 2.75) is 77.3 Å². The van der Waals surface area contributed by atoms with Gasteiger partial charge in [-0.1, -0.05) is 64.7 Å². The smallest absolute Gasteiger partial charge is 0.289 e. The fraction of sp³-hybridized carbons (Fsp3) is 0.933. The summed E-state index contributed by atoms with van der Waals surface area (Å²) < 4.78 is 47.2. The summed E-state index contributed by atoms with van der Waals surface area (Å²) in [6.45, 7) is 2.19. The van der Waals surface area contributed by atoms with Crippen molar-refractivity contribution in [2.24, 2.45) is 0 Å². The van der Waals surface area contributed by atoms with Gasteiger partial charge in [0.1, 0.15) is 0 Å².